The first-order chi connectivity index (χ1) is 9.15. The van der Waals surface area contributed by atoms with Gasteiger partial charge in [0.1, 0.15) is 0 Å². The molecular weight excluding hydrogens is 270 g/mol. The van der Waals surface area contributed by atoms with Gasteiger partial charge in [0, 0.05) is 0 Å². The second kappa shape index (κ2) is 6.14. The lowest BCUT2D eigenvalue weighted by molar-refractivity contribution is 0.503. The maximum Gasteiger partial charge on any atom is 0.159 e. The van der Waals surface area contributed by atoms with Crippen LogP contribution in [0.2, 0.25) is 0 Å². The predicted octanol–water partition coefficient (Wildman–Crippen LogP) is 2.13. The zero-order chi connectivity index (χ0) is 13.8. The maximum atomic E-state index is 13.2. The van der Waals surface area contributed by atoms with Crippen molar-refractivity contribution in [2.75, 3.05) is 0 Å². The highest BCUT2D eigenvalue weighted by molar-refractivity contribution is 7.05. The molecular formula is C12H14F2N4S. The molecule has 7 heteroatoms. The van der Waals surface area contributed by atoms with Crippen LogP contribution in [0.5, 0.6) is 0 Å². The summed E-state index contributed by atoms with van der Waals surface area (Å²) in [5.41, 5.74) is 4.21. The lowest BCUT2D eigenvalue weighted by Gasteiger charge is -2.15. The van der Waals surface area contributed by atoms with Crippen LogP contribution in [0.25, 0.3) is 0 Å². The third-order valence-electron chi connectivity index (χ3n) is 2.86. The number of aryl methyl sites for hydroxylation is 1. The molecule has 2 aromatic rings. The monoisotopic (exact) mass is 284 g/mol. The fourth-order valence-corrected chi connectivity index (χ4v) is 2.65. The van der Waals surface area contributed by atoms with Crippen LogP contribution in [0.15, 0.2) is 18.2 Å². The Morgan fingerprint density at radius 3 is 2.79 bits per heavy atom. The zero-order valence-corrected chi connectivity index (χ0v) is 11.2. The van der Waals surface area contributed by atoms with Gasteiger partial charge in [-0.15, -0.1) is 5.10 Å². The van der Waals surface area contributed by atoms with E-state index in [1.807, 2.05) is 6.92 Å². The molecule has 4 nitrogen and oxygen atoms in total. The Bertz CT molecular complexity index is 558. The number of aromatic nitrogens is 2. The van der Waals surface area contributed by atoms with Crippen molar-refractivity contribution in [3.05, 3.63) is 46.0 Å². The molecule has 0 radical (unpaired) electrons. The van der Waals surface area contributed by atoms with Crippen LogP contribution in [-0.2, 0) is 12.8 Å². The van der Waals surface area contributed by atoms with Gasteiger partial charge >= 0.3 is 0 Å². The van der Waals surface area contributed by atoms with Crippen molar-refractivity contribution in [2.45, 2.75) is 25.8 Å². The van der Waals surface area contributed by atoms with E-state index in [4.69, 9.17) is 5.84 Å². The summed E-state index contributed by atoms with van der Waals surface area (Å²) >= 11 is 1.26. The molecule has 1 heterocycles. The van der Waals surface area contributed by atoms with Crippen molar-refractivity contribution >= 4 is 11.5 Å². The zero-order valence-electron chi connectivity index (χ0n) is 10.4. The summed E-state index contributed by atoms with van der Waals surface area (Å²) < 4.78 is 29.9. The number of nitrogens with zero attached hydrogens (tertiary/aromatic N) is 2. The van der Waals surface area contributed by atoms with Crippen molar-refractivity contribution < 1.29 is 8.78 Å². The van der Waals surface area contributed by atoms with Crippen LogP contribution in [0, 0.1) is 11.6 Å². The Kier molecular flexibility index (Phi) is 4.52. The molecule has 19 heavy (non-hydrogen) atoms. The first-order valence-electron chi connectivity index (χ1n) is 5.86. The molecule has 2 rings (SSSR count). The van der Waals surface area contributed by atoms with Crippen molar-refractivity contribution in [3.8, 4) is 0 Å². The molecule has 1 atom stereocenters. The van der Waals surface area contributed by atoms with Gasteiger partial charge in [-0.25, -0.2) is 8.78 Å². The SMILES string of the molecule is CCc1nnsc1C(Cc1ccc(F)c(F)c1)NN. The van der Waals surface area contributed by atoms with Gasteiger partial charge in [-0.05, 0) is 42.1 Å². The maximum absolute atomic E-state index is 13.2. The van der Waals surface area contributed by atoms with Crippen LogP contribution >= 0.6 is 11.5 Å². The van der Waals surface area contributed by atoms with Gasteiger partial charge in [0.05, 0.1) is 16.6 Å². The highest BCUT2D eigenvalue weighted by Gasteiger charge is 2.18. The molecule has 0 aliphatic rings. The summed E-state index contributed by atoms with van der Waals surface area (Å²) in [6.45, 7) is 1.98. The molecule has 1 aromatic heterocycles. The lowest BCUT2D eigenvalue weighted by Crippen LogP contribution is -2.29. The minimum absolute atomic E-state index is 0.209. The standard InChI is InChI=1S/C12H14F2N4S/c1-2-10-12(19-18-17-10)11(16-15)6-7-3-4-8(13)9(14)5-7/h3-5,11,16H,2,6,15H2,1H3. The third-order valence-corrected chi connectivity index (χ3v) is 3.74. The number of nitrogens with one attached hydrogen (secondary N) is 1. The number of rotatable bonds is 5. The normalized spacial score (nSPS) is 12.6. The smallest absolute Gasteiger partial charge is 0.159 e. The molecule has 0 saturated carbocycles. The molecule has 0 aliphatic heterocycles. The summed E-state index contributed by atoms with van der Waals surface area (Å²) in [4.78, 5) is 0.926. The van der Waals surface area contributed by atoms with E-state index in [1.54, 1.807) is 6.07 Å². The summed E-state index contributed by atoms with van der Waals surface area (Å²) in [7, 11) is 0. The number of halogens is 2. The first kappa shape index (κ1) is 14.0. The molecule has 102 valence electrons. The van der Waals surface area contributed by atoms with Crippen LogP contribution in [0.1, 0.15) is 29.1 Å². The second-order valence-corrected chi connectivity index (χ2v) is 4.89. The molecule has 0 aliphatic carbocycles. The fraction of sp³-hybridized carbons (Fsp3) is 0.333. The van der Waals surface area contributed by atoms with Gasteiger partial charge in [0.25, 0.3) is 0 Å². The Labute approximate surface area is 113 Å². The van der Waals surface area contributed by atoms with E-state index in [9.17, 15) is 8.78 Å². The number of hydrogen-bond donors (Lipinski definition) is 2. The third kappa shape index (κ3) is 3.12. The van der Waals surface area contributed by atoms with Crippen molar-refractivity contribution in [3.63, 3.8) is 0 Å². The molecule has 1 unspecified atom stereocenters. The average molecular weight is 284 g/mol. The Morgan fingerprint density at radius 2 is 2.16 bits per heavy atom. The number of nitrogens with two attached hydrogens (primary N) is 1. The highest BCUT2D eigenvalue weighted by Crippen LogP contribution is 2.24. The topological polar surface area (TPSA) is 63.8 Å². The van der Waals surface area contributed by atoms with Gasteiger partial charge in [0.15, 0.2) is 11.6 Å². The van der Waals surface area contributed by atoms with Crippen LogP contribution in [0.4, 0.5) is 8.78 Å². The molecule has 1 aromatic carbocycles. The van der Waals surface area contributed by atoms with E-state index in [0.29, 0.717) is 12.0 Å². The molecule has 3 N–H and O–H groups in total. The van der Waals surface area contributed by atoms with Crippen LogP contribution < -0.4 is 11.3 Å². The van der Waals surface area contributed by atoms with Gasteiger partial charge in [-0.3, -0.25) is 11.3 Å². The minimum atomic E-state index is -0.855. The first-order valence-corrected chi connectivity index (χ1v) is 6.64. The van der Waals surface area contributed by atoms with Crippen molar-refractivity contribution in [1.82, 2.24) is 15.0 Å². The quantitative estimate of drug-likeness (QED) is 0.652. The van der Waals surface area contributed by atoms with Crippen LogP contribution in [0.3, 0.4) is 0 Å². The predicted molar refractivity (Wildman–Crippen MR) is 69.4 cm³/mol. The molecule has 0 fully saturated rings. The van der Waals surface area contributed by atoms with Gasteiger partial charge in [-0.2, -0.15) is 0 Å². The number of hydrogen-bond acceptors (Lipinski definition) is 5. The number of hydrazine groups is 1. The summed E-state index contributed by atoms with van der Waals surface area (Å²) in [6.07, 6.45) is 1.20. The minimum Gasteiger partial charge on any atom is -0.271 e. The van der Waals surface area contributed by atoms with E-state index >= 15 is 0 Å². The molecule has 0 spiro atoms. The van der Waals surface area contributed by atoms with E-state index in [-0.39, 0.29) is 6.04 Å². The van der Waals surface area contributed by atoms with Gasteiger partial charge in [0.2, 0.25) is 0 Å². The second-order valence-electron chi connectivity index (χ2n) is 4.11. The summed E-state index contributed by atoms with van der Waals surface area (Å²) in [5, 5.41) is 4.02. The lowest BCUT2D eigenvalue weighted by atomic mass is 10.0. The average Bonchev–Trinajstić information content (AvgIpc) is 2.88. The van der Waals surface area contributed by atoms with E-state index in [2.05, 4.69) is 15.0 Å². The largest absolute Gasteiger partial charge is 0.271 e. The molecule has 0 saturated heterocycles. The Balaban J connectivity index is 2.21. The van der Waals surface area contributed by atoms with Gasteiger partial charge < -0.3 is 0 Å². The van der Waals surface area contributed by atoms with E-state index in [1.165, 1.54) is 17.6 Å². The van der Waals surface area contributed by atoms with Crippen molar-refractivity contribution in [2.24, 2.45) is 5.84 Å². The van der Waals surface area contributed by atoms with E-state index < -0.39 is 11.6 Å². The van der Waals surface area contributed by atoms with E-state index in [0.717, 1.165) is 23.1 Å². The summed E-state index contributed by atoms with van der Waals surface area (Å²) in [5.74, 6) is 3.83. The Hall–Kier alpha value is -1.44. The molecule has 0 bridgehead atoms. The van der Waals surface area contributed by atoms with Crippen molar-refractivity contribution in [1.29, 1.82) is 0 Å². The number of benzene rings is 1. The Morgan fingerprint density at radius 1 is 1.37 bits per heavy atom. The van der Waals surface area contributed by atoms with Gasteiger partial charge in [-0.1, -0.05) is 17.5 Å². The highest BCUT2D eigenvalue weighted by atomic mass is 32.1. The fourth-order valence-electron chi connectivity index (χ4n) is 1.85. The molecule has 0 amide bonds. The van der Waals surface area contributed by atoms with Crippen LogP contribution in [-0.4, -0.2) is 9.59 Å². The summed E-state index contributed by atoms with van der Waals surface area (Å²) in [6, 6.07) is 3.63.